The Morgan fingerprint density at radius 2 is 2.22 bits per heavy atom. The summed E-state index contributed by atoms with van der Waals surface area (Å²) in [4.78, 5) is 0. The molecule has 0 spiro atoms. The van der Waals surface area contributed by atoms with Crippen molar-refractivity contribution in [2.75, 3.05) is 0 Å². The van der Waals surface area contributed by atoms with E-state index in [0.717, 1.165) is 19.3 Å². The van der Waals surface area contributed by atoms with Gasteiger partial charge in [-0.25, -0.2) is 0 Å². The first-order valence-electron chi connectivity index (χ1n) is 3.58. The van der Waals surface area contributed by atoms with Crippen molar-refractivity contribution in [3.05, 3.63) is 6.92 Å². The molecule has 0 aromatic heterocycles. The van der Waals surface area contributed by atoms with Crippen LogP contribution in [0.25, 0.3) is 0 Å². The summed E-state index contributed by atoms with van der Waals surface area (Å²) in [6, 6.07) is 0. The summed E-state index contributed by atoms with van der Waals surface area (Å²) in [5.41, 5.74) is 0. The van der Waals surface area contributed by atoms with Crippen molar-refractivity contribution in [2.45, 2.75) is 33.1 Å². The molecule has 0 heterocycles. The molecule has 0 heteroatoms. The van der Waals surface area contributed by atoms with E-state index in [0.29, 0.717) is 5.92 Å². The van der Waals surface area contributed by atoms with Crippen molar-refractivity contribution in [3.8, 4) is 11.8 Å². The van der Waals surface area contributed by atoms with Gasteiger partial charge in [-0.1, -0.05) is 20.8 Å². The zero-order valence-electron chi connectivity index (χ0n) is 6.41. The standard InChI is InChI=1S/C9H15/c1-4-6-7-8-9(3)5-2/h9H,1,4-6H2,2-3H3. The van der Waals surface area contributed by atoms with Crippen molar-refractivity contribution < 1.29 is 0 Å². The molecule has 0 fully saturated rings. The van der Waals surface area contributed by atoms with Crippen molar-refractivity contribution >= 4 is 0 Å². The van der Waals surface area contributed by atoms with E-state index in [9.17, 15) is 0 Å². The third-order valence-electron chi connectivity index (χ3n) is 1.26. The van der Waals surface area contributed by atoms with Crippen LogP contribution in [0.1, 0.15) is 33.1 Å². The second-order valence-electron chi connectivity index (χ2n) is 2.23. The van der Waals surface area contributed by atoms with Crippen LogP contribution in [0.5, 0.6) is 0 Å². The molecule has 0 amide bonds. The van der Waals surface area contributed by atoms with Gasteiger partial charge in [-0.05, 0) is 12.8 Å². The van der Waals surface area contributed by atoms with Crippen LogP contribution in [0.15, 0.2) is 0 Å². The third-order valence-corrected chi connectivity index (χ3v) is 1.26. The van der Waals surface area contributed by atoms with E-state index < -0.39 is 0 Å². The predicted octanol–water partition coefficient (Wildman–Crippen LogP) is 2.65. The van der Waals surface area contributed by atoms with E-state index in [1.807, 2.05) is 0 Å². The molecule has 0 saturated heterocycles. The summed E-state index contributed by atoms with van der Waals surface area (Å²) < 4.78 is 0. The van der Waals surface area contributed by atoms with Crippen LogP contribution in [0.4, 0.5) is 0 Å². The summed E-state index contributed by atoms with van der Waals surface area (Å²) >= 11 is 0. The summed E-state index contributed by atoms with van der Waals surface area (Å²) in [6.07, 6.45) is 3.04. The molecule has 9 heavy (non-hydrogen) atoms. The largest absolute Gasteiger partial charge is 0.103 e. The maximum absolute atomic E-state index is 3.71. The minimum atomic E-state index is 0.566. The molecule has 1 unspecified atom stereocenters. The van der Waals surface area contributed by atoms with Gasteiger partial charge >= 0.3 is 0 Å². The Morgan fingerprint density at radius 1 is 1.56 bits per heavy atom. The quantitative estimate of drug-likeness (QED) is 0.495. The van der Waals surface area contributed by atoms with Crippen LogP contribution in [0.2, 0.25) is 0 Å². The predicted molar refractivity (Wildman–Crippen MR) is 41.8 cm³/mol. The maximum atomic E-state index is 3.71. The van der Waals surface area contributed by atoms with Gasteiger partial charge in [-0.2, -0.15) is 0 Å². The Hall–Kier alpha value is -0.440. The lowest BCUT2D eigenvalue weighted by atomic mass is 10.1. The molecule has 0 nitrogen and oxygen atoms in total. The second kappa shape index (κ2) is 5.69. The first-order valence-corrected chi connectivity index (χ1v) is 3.58. The van der Waals surface area contributed by atoms with Gasteiger partial charge in [0.2, 0.25) is 0 Å². The first-order chi connectivity index (χ1) is 4.31. The van der Waals surface area contributed by atoms with Crippen molar-refractivity contribution in [1.82, 2.24) is 0 Å². The highest BCUT2D eigenvalue weighted by molar-refractivity contribution is 5.01. The van der Waals surface area contributed by atoms with Crippen molar-refractivity contribution in [1.29, 1.82) is 0 Å². The highest BCUT2D eigenvalue weighted by Gasteiger charge is 1.87. The molecule has 51 valence electrons. The fourth-order valence-electron chi connectivity index (χ4n) is 0.437. The van der Waals surface area contributed by atoms with E-state index in [1.54, 1.807) is 0 Å². The van der Waals surface area contributed by atoms with E-state index in [4.69, 9.17) is 0 Å². The summed E-state index contributed by atoms with van der Waals surface area (Å²) in [6.45, 7) is 8.01. The van der Waals surface area contributed by atoms with Crippen molar-refractivity contribution in [3.63, 3.8) is 0 Å². The van der Waals surface area contributed by atoms with E-state index >= 15 is 0 Å². The molecule has 0 aliphatic rings. The average Bonchev–Trinajstić information content (AvgIpc) is 1.89. The number of unbranched alkanes of at least 4 members (excludes halogenated alkanes) is 1. The van der Waals surface area contributed by atoms with Gasteiger partial charge in [0, 0.05) is 12.3 Å². The van der Waals surface area contributed by atoms with Crippen LogP contribution >= 0.6 is 0 Å². The van der Waals surface area contributed by atoms with Crippen molar-refractivity contribution in [2.24, 2.45) is 5.92 Å². The Morgan fingerprint density at radius 3 is 2.67 bits per heavy atom. The number of hydrogen-bond donors (Lipinski definition) is 0. The Labute approximate surface area is 58.7 Å². The molecule has 0 rings (SSSR count). The summed E-state index contributed by atoms with van der Waals surface area (Å²) in [5, 5.41) is 0. The van der Waals surface area contributed by atoms with E-state index in [2.05, 4.69) is 32.6 Å². The maximum Gasteiger partial charge on any atom is 0.0171 e. The minimum Gasteiger partial charge on any atom is -0.103 e. The Kier molecular flexibility index (Phi) is 5.41. The topological polar surface area (TPSA) is 0 Å². The summed E-state index contributed by atoms with van der Waals surface area (Å²) in [5.74, 6) is 6.78. The van der Waals surface area contributed by atoms with Gasteiger partial charge in [0.1, 0.15) is 0 Å². The monoisotopic (exact) mass is 123 g/mol. The van der Waals surface area contributed by atoms with E-state index in [1.165, 1.54) is 0 Å². The van der Waals surface area contributed by atoms with E-state index in [-0.39, 0.29) is 0 Å². The molecule has 0 aromatic rings. The highest BCUT2D eigenvalue weighted by atomic mass is 13.9. The lowest BCUT2D eigenvalue weighted by Gasteiger charge is -1.93. The molecule has 0 aliphatic heterocycles. The zero-order chi connectivity index (χ0) is 7.11. The second-order valence-corrected chi connectivity index (χ2v) is 2.23. The average molecular weight is 123 g/mol. The van der Waals surface area contributed by atoms with Gasteiger partial charge in [0.25, 0.3) is 0 Å². The molecule has 0 aliphatic carbocycles. The Balaban J connectivity index is 3.33. The van der Waals surface area contributed by atoms with Gasteiger partial charge < -0.3 is 0 Å². The SMILES string of the molecule is [CH2]CCC#CC(C)CC. The lowest BCUT2D eigenvalue weighted by Crippen LogP contribution is -1.84. The number of rotatable bonds is 2. The first kappa shape index (κ1) is 8.56. The summed E-state index contributed by atoms with van der Waals surface area (Å²) in [7, 11) is 0. The molecule has 0 aromatic carbocycles. The zero-order valence-corrected chi connectivity index (χ0v) is 6.41. The van der Waals surface area contributed by atoms with Gasteiger partial charge in [0.15, 0.2) is 0 Å². The van der Waals surface area contributed by atoms with Gasteiger partial charge in [-0.15, -0.1) is 11.8 Å². The fourth-order valence-corrected chi connectivity index (χ4v) is 0.437. The van der Waals surface area contributed by atoms with Gasteiger partial charge in [-0.3, -0.25) is 0 Å². The van der Waals surface area contributed by atoms with Crippen LogP contribution in [-0.4, -0.2) is 0 Å². The molecule has 0 bridgehead atoms. The normalized spacial score (nSPS) is 11.9. The highest BCUT2D eigenvalue weighted by Crippen LogP contribution is 1.96. The Bertz CT molecular complexity index is 103. The third kappa shape index (κ3) is 5.43. The van der Waals surface area contributed by atoms with Crippen LogP contribution in [0.3, 0.4) is 0 Å². The molecule has 0 N–H and O–H groups in total. The fraction of sp³-hybridized carbons (Fsp3) is 0.667. The van der Waals surface area contributed by atoms with Crippen LogP contribution in [-0.2, 0) is 0 Å². The minimum absolute atomic E-state index is 0.566. The van der Waals surface area contributed by atoms with Gasteiger partial charge in [0.05, 0.1) is 0 Å². The molecule has 0 saturated carbocycles. The van der Waals surface area contributed by atoms with Crippen LogP contribution in [0, 0.1) is 24.7 Å². The smallest absolute Gasteiger partial charge is 0.0171 e. The number of hydrogen-bond acceptors (Lipinski definition) is 0. The lowest BCUT2D eigenvalue weighted by molar-refractivity contribution is 0.722. The molecular formula is C9H15. The molecule has 1 atom stereocenters. The van der Waals surface area contributed by atoms with Crippen LogP contribution < -0.4 is 0 Å². The molecular weight excluding hydrogens is 108 g/mol. The molecule has 1 radical (unpaired) electrons.